The van der Waals surface area contributed by atoms with Crippen molar-refractivity contribution in [3.8, 4) is 17.2 Å². The van der Waals surface area contributed by atoms with Crippen molar-refractivity contribution in [3.63, 3.8) is 0 Å². The molecule has 0 aliphatic heterocycles. The third-order valence-electron chi connectivity index (χ3n) is 4.27. The van der Waals surface area contributed by atoms with Crippen molar-refractivity contribution in [1.82, 2.24) is 9.88 Å². The Morgan fingerprint density at radius 2 is 1.71 bits per heavy atom. The number of amides is 1. The average molecular weight is 378 g/mol. The first-order chi connectivity index (χ1) is 13.6. The monoisotopic (exact) mass is 378 g/mol. The van der Waals surface area contributed by atoms with Gasteiger partial charge in [-0.2, -0.15) is 0 Å². The fourth-order valence-corrected chi connectivity index (χ4v) is 2.84. The van der Waals surface area contributed by atoms with E-state index in [1.807, 2.05) is 43.3 Å². The molecular weight excluding hydrogens is 356 g/mol. The molecule has 0 aliphatic carbocycles. The molecule has 1 N–H and O–H groups in total. The minimum Gasteiger partial charge on any atom is -0.496 e. The summed E-state index contributed by atoms with van der Waals surface area (Å²) < 4.78 is 12.5. The van der Waals surface area contributed by atoms with Crippen molar-refractivity contribution < 1.29 is 14.3 Å². The molecule has 1 heterocycles. The van der Waals surface area contributed by atoms with Crippen LogP contribution in [0.4, 0.5) is 0 Å². The molecule has 1 amide bonds. The summed E-state index contributed by atoms with van der Waals surface area (Å²) in [6.45, 7) is 2.50. The Labute approximate surface area is 163 Å². The molecule has 3 rings (SSSR count). The summed E-state index contributed by atoms with van der Waals surface area (Å²) in [5.74, 6) is 1.40. The number of hydrogen-bond acceptors (Lipinski definition) is 4. The highest BCUT2D eigenvalue weighted by molar-refractivity contribution is 5.97. The molecule has 0 atom stereocenters. The molecule has 0 unspecified atom stereocenters. The Morgan fingerprint density at radius 3 is 2.43 bits per heavy atom. The van der Waals surface area contributed by atoms with Gasteiger partial charge in [-0.3, -0.25) is 9.59 Å². The van der Waals surface area contributed by atoms with Gasteiger partial charge >= 0.3 is 0 Å². The average Bonchev–Trinajstić information content (AvgIpc) is 2.71. The summed E-state index contributed by atoms with van der Waals surface area (Å²) in [4.78, 5) is 24.8. The molecule has 0 radical (unpaired) electrons. The number of carbonyl (C=O) groups excluding carboxylic acids is 1. The van der Waals surface area contributed by atoms with Crippen LogP contribution in [0.2, 0.25) is 0 Å². The first-order valence-corrected chi connectivity index (χ1v) is 8.94. The minimum absolute atomic E-state index is 0.168. The van der Waals surface area contributed by atoms with Crippen LogP contribution < -0.4 is 20.3 Å². The van der Waals surface area contributed by atoms with Crippen LogP contribution in [-0.2, 0) is 6.54 Å². The predicted molar refractivity (Wildman–Crippen MR) is 107 cm³/mol. The lowest BCUT2D eigenvalue weighted by Gasteiger charge is -2.13. The third kappa shape index (κ3) is 4.59. The van der Waals surface area contributed by atoms with E-state index < -0.39 is 0 Å². The zero-order chi connectivity index (χ0) is 19.9. The topological polar surface area (TPSA) is 69.6 Å². The quantitative estimate of drug-likeness (QED) is 0.684. The zero-order valence-corrected chi connectivity index (χ0v) is 15.8. The van der Waals surface area contributed by atoms with Gasteiger partial charge in [-0.1, -0.05) is 30.3 Å². The number of rotatable bonds is 7. The van der Waals surface area contributed by atoms with E-state index in [4.69, 9.17) is 9.47 Å². The van der Waals surface area contributed by atoms with Gasteiger partial charge in [0.1, 0.15) is 17.2 Å². The van der Waals surface area contributed by atoms with Crippen molar-refractivity contribution in [2.45, 2.75) is 13.5 Å². The second-order valence-corrected chi connectivity index (χ2v) is 6.19. The van der Waals surface area contributed by atoms with E-state index in [0.717, 1.165) is 5.69 Å². The van der Waals surface area contributed by atoms with Crippen molar-refractivity contribution in [2.24, 2.45) is 0 Å². The Bertz CT molecular complexity index is 1010. The molecular formula is C22H22N2O4. The van der Waals surface area contributed by atoms with E-state index in [9.17, 15) is 9.59 Å². The number of ether oxygens (including phenoxy) is 2. The summed E-state index contributed by atoms with van der Waals surface area (Å²) in [7, 11) is 1.52. The fraction of sp³-hybridized carbons (Fsp3) is 0.182. The molecule has 28 heavy (non-hydrogen) atoms. The van der Waals surface area contributed by atoms with Crippen LogP contribution in [-0.4, -0.2) is 24.1 Å². The highest BCUT2D eigenvalue weighted by atomic mass is 16.5. The molecule has 0 bridgehead atoms. The van der Waals surface area contributed by atoms with Crippen LogP contribution in [0.15, 0.2) is 71.5 Å². The Morgan fingerprint density at radius 1 is 1.00 bits per heavy atom. The van der Waals surface area contributed by atoms with Crippen molar-refractivity contribution in [2.75, 3.05) is 13.7 Å². The number of aryl methyl sites for hydroxylation is 1. The van der Waals surface area contributed by atoms with Gasteiger partial charge in [0.2, 0.25) is 0 Å². The number of aromatic nitrogens is 1. The Kier molecular flexibility index (Phi) is 6.11. The normalized spacial score (nSPS) is 10.4. The maximum Gasteiger partial charge on any atom is 0.255 e. The van der Waals surface area contributed by atoms with Crippen LogP contribution in [0.1, 0.15) is 16.1 Å². The van der Waals surface area contributed by atoms with Gasteiger partial charge in [0.25, 0.3) is 11.5 Å². The third-order valence-corrected chi connectivity index (χ3v) is 4.27. The molecule has 0 aliphatic rings. The minimum atomic E-state index is -0.259. The summed E-state index contributed by atoms with van der Waals surface area (Å²) >= 11 is 0. The van der Waals surface area contributed by atoms with Crippen LogP contribution in [0.3, 0.4) is 0 Å². The van der Waals surface area contributed by atoms with Crippen LogP contribution in [0.5, 0.6) is 17.2 Å². The maximum absolute atomic E-state index is 12.6. The highest BCUT2D eigenvalue weighted by Gasteiger charge is 2.13. The molecule has 3 aromatic rings. The molecule has 0 fully saturated rings. The largest absolute Gasteiger partial charge is 0.496 e. The second-order valence-electron chi connectivity index (χ2n) is 6.19. The molecule has 0 saturated heterocycles. The number of carbonyl (C=O) groups is 1. The lowest BCUT2D eigenvalue weighted by Crippen LogP contribution is -2.31. The molecule has 144 valence electrons. The number of para-hydroxylation sites is 2. The number of pyridine rings is 1. The van der Waals surface area contributed by atoms with Gasteiger partial charge in [-0.15, -0.1) is 0 Å². The molecule has 1 aromatic heterocycles. The van der Waals surface area contributed by atoms with Crippen LogP contribution in [0.25, 0.3) is 0 Å². The second kappa shape index (κ2) is 8.90. The number of methoxy groups -OCH3 is 1. The maximum atomic E-state index is 12.6. The van der Waals surface area contributed by atoms with E-state index in [0.29, 0.717) is 35.9 Å². The molecule has 0 saturated carbocycles. The lowest BCUT2D eigenvalue weighted by molar-refractivity contribution is 0.0949. The smallest absolute Gasteiger partial charge is 0.255 e. The summed E-state index contributed by atoms with van der Waals surface area (Å²) in [6.07, 6.45) is 0. The fourth-order valence-electron chi connectivity index (χ4n) is 2.84. The summed E-state index contributed by atoms with van der Waals surface area (Å²) in [5.41, 5.74) is 1.04. The van der Waals surface area contributed by atoms with E-state index in [1.165, 1.54) is 13.2 Å². The predicted octanol–water partition coefficient (Wildman–Crippen LogP) is 3.39. The molecule has 2 aromatic carbocycles. The summed E-state index contributed by atoms with van der Waals surface area (Å²) in [6, 6.07) is 19.6. The van der Waals surface area contributed by atoms with Gasteiger partial charge in [0, 0.05) is 24.8 Å². The number of nitrogens with one attached hydrogen (secondary N) is 1. The van der Waals surface area contributed by atoms with Gasteiger partial charge < -0.3 is 19.4 Å². The molecule has 0 spiro atoms. The van der Waals surface area contributed by atoms with Gasteiger partial charge in [-0.05, 0) is 37.3 Å². The number of nitrogens with zero attached hydrogens (tertiary/aromatic N) is 1. The SMILES string of the molecule is COc1cc(C)n(CCNC(=O)c2ccccc2Oc2ccccc2)c(=O)c1. The van der Waals surface area contributed by atoms with Crippen LogP contribution in [0, 0.1) is 6.92 Å². The standard InChI is InChI=1S/C22H22N2O4/c1-16-14-18(27-2)15-21(25)24(16)13-12-23-22(26)19-10-6-7-11-20(19)28-17-8-4-3-5-9-17/h3-11,14-15H,12-13H2,1-2H3,(H,23,26). The number of benzene rings is 2. The van der Waals surface area contributed by atoms with Gasteiger partial charge in [0.15, 0.2) is 0 Å². The Balaban J connectivity index is 1.67. The molecule has 6 nitrogen and oxygen atoms in total. The van der Waals surface area contributed by atoms with Crippen molar-refractivity contribution in [1.29, 1.82) is 0 Å². The summed E-state index contributed by atoms with van der Waals surface area (Å²) in [5, 5.41) is 2.85. The van der Waals surface area contributed by atoms with Gasteiger partial charge in [-0.25, -0.2) is 0 Å². The Hall–Kier alpha value is -3.54. The first kappa shape index (κ1) is 19.2. The first-order valence-electron chi connectivity index (χ1n) is 8.94. The zero-order valence-electron chi connectivity index (χ0n) is 15.8. The van der Waals surface area contributed by atoms with Crippen LogP contribution >= 0.6 is 0 Å². The van der Waals surface area contributed by atoms with Crippen molar-refractivity contribution in [3.05, 3.63) is 88.3 Å². The van der Waals surface area contributed by atoms with Crippen molar-refractivity contribution >= 4 is 5.91 Å². The highest BCUT2D eigenvalue weighted by Crippen LogP contribution is 2.24. The number of hydrogen-bond donors (Lipinski definition) is 1. The van der Waals surface area contributed by atoms with E-state index >= 15 is 0 Å². The molecule has 6 heteroatoms. The van der Waals surface area contributed by atoms with Gasteiger partial charge in [0.05, 0.1) is 12.7 Å². The van der Waals surface area contributed by atoms with E-state index in [1.54, 1.807) is 28.8 Å². The van der Waals surface area contributed by atoms with E-state index in [-0.39, 0.29) is 11.5 Å². The van der Waals surface area contributed by atoms with E-state index in [2.05, 4.69) is 5.32 Å². The lowest BCUT2D eigenvalue weighted by atomic mass is 10.2.